The third kappa shape index (κ3) is 5.98. The zero-order valence-electron chi connectivity index (χ0n) is 18.1. The summed E-state index contributed by atoms with van der Waals surface area (Å²) >= 11 is 0. The standard InChI is InChI=1S/C26H30N4O/c1-20-8-7-11-23(28-20)19-30-16-13-22(14-17-30)26(24-12-5-6-15-27-24)29-25(31)18-21-9-3-2-4-10-21/h2-12,15,22,26H,13-14,16-19H2,1H3,(H,29,31)/t26-/m0/s1. The number of nitrogens with one attached hydrogen (secondary N) is 1. The van der Waals surface area contributed by atoms with Gasteiger partial charge >= 0.3 is 0 Å². The number of carbonyl (C=O) groups excluding carboxylic acids is 1. The lowest BCUT2D eigenvalue weighted by Crippen LogP contribution is -2.41. The fourth-order valence-electron chi connectivity index (χ4n) is 4.36. The number of hydrogen-bond donors (Lipinski definition) is 1. The number of nitrogens with zero attached hydrogens (tertiary/aromatic N) is 3. The lowest BCUT2D eigenvalue weighted by atomic mass is 9.87. The number of benzene rings is 1. The molecule has 4 rings (SSSR count). The minimum absolute atomic E-state index is 0.0493. The highest BCUT2D eigenvalue weighted by molar-refractivity contribution is 5.79. The Hall–Kier alpha value is -3.05. The van der Waals surface area contributed by atoms with E-state index in [2.05, 4.69) is 32.3 Å². The smallest absolute Gasteiger partial charge is 0.224 e. The average Bonchev–Trinajstić information content (AvgIpc) is 2.79. The molecule has 0 spiro atoms. The number of pyridine rings is 2. The van der Waals surface area contributed by atoms with E-state index in [4.69, 9.17) is 0 Å². The lowest BCUT2D eigenvalue weighted by Gasteiger charge is -2.36. The van der Waals surface area contributed by atoms with Gasteiger partial charge in [-0.05, 0) is 68.6 Å². The number of amides is 1. The first-order valence-electron chi connectivity index (χ1n) is 11.1. The van der Waals surface area contributed by atoms with Crippen molar-refractivity contribution in [3.8, 4) is 0 Å². The van der Waals surface area contributed by atoms with Crippen LogP contribution in [0.5, 0.6) is 0 Å². The van der Waals surface area contributed by atoms with Gasteiger partial charge in [-0.15, -0.1) is 0 Å². The third-order valence-corrected chi connectivity index (χ3v) is 5.97. The van der Waals surface area contributed by atoms with Gasteiger partial charge in [-0.25, -0.2) is 0 Å². The summed E-state index contributed by atoms with van der Waals surface area (Å²) < 4.78 is 0. The molecule has 1 saturated heterocycles. The SMILES string of the molecule is Cc1cccc(CN2CCC([C@H](NC(=O)Cc3ccccc3)c3ccccn3)CC2)n1. The molecule has 1 fully saturated rings. The molecule has 1 amide bonds. The molecular weight excluding hydrogens is 384 g/mol. The van der Waals surface area contributed by atoms with Crippen LogP contribution in [0.1, 0.15) is 41.5 Å². The first-order chi connectivity index (χ1) is 15.2. The molecule has 0 aliphatic carbocycles. The van der Waals surface area contributed by atoms with Crippen molar-refractivity contribution < 1.29 is 4.79 Å². The van der Waals surface area contributed by atoms with Gasteiger partial charge in [0.2, 0.25) is 5.91 Å². The minimum atomic E-state index is -0.0587. The van der Waals surface area contributed by atoms with E-state index in [0.29, 0.717) is 12.3 Å². The maximum absolute atomic E-state index is 12.8. The molecule has 31 heavy (non-hydrogen) atoms. The number of hydrogen-bond acceptors (Lipinski definition) is 4. The summed E-state index contributed by atoms with van der Waals surface area (Å²) in [6.45, 7) is 4.91. The highest BCUT2D eigenvalue weighted by Crippen LogP contribution is 2.30. The average molecular weight is 415 g/mol. The minimum Gasteiger partial charge on any atom is -0.347 e. The molecule has 2 aromatic heterocycles. The van der Waals surface area contributed by atoms with Crippen molar-refractivity contribution in [2.24, 2.45) is 5.92 Å². The van der Waals surface area contributed by atoms with E-state index in [9.17, 15) is 4.79 Å². The molecule has 1 aromatic carbocycles. The second-order valence-electron chi connectivity index (χ2n) is 8.35. The summed E-state index contributed by atoms with van der Waals surface area (Å²) in [5, 5.41) is 3.29. The van der Waals surface area contributed by atoms with E-state index in [-0.39, 0.29) is 11.9 Å². The number of likely N-dealkylation sites (tertiary alicyclic amines) is 1. The van der Waals surface area contributed by atoms with Gasteiger partial charge in [0.15, 0.2) is 0 Å². The Labute approximate surface area is 184 Å². The van der Waals surface area contributed by atoms with Gasteiger partial charge in [-0.1, -0.05) is 42.5 Å². The molecule has 0 bridgehead atoms. The Kier molecular flexibility index (Phi) is 7.05. The molecule has 1 N–H and O–H groups in total. The summed E-state index contributed by atoms with van der Waals surface area (Å²) in [7, 11) is 0. The van der Waals surface area contributed by atoms with Crippen LogP contribution in [0.15, 0.2) is 72.9 Å². The normalized spacial score (nSPS) is 16.0. The monoisotopic (exact) mass is 414 g/mol. The summed E-state index contributed by atoms with van der Waals surface area (Å²) in [5.74, 6) is 0.421. The lowest BCUT2D eigenvalue weighted by molar-refractivity contribution is -0.121. The van der Waals surface area contributed by atoms with Crippen molar-refractivity contribution in [1.82, 2.24) is 20.2 Å². The molecule has 0 unspecified atom stereocenters. The number of aromatic nitrogens is 2. The maximum Gasteiger partial charge on any atom is 0.224 e. The van der Waals surface area contributed by atoms with Crippen LogP contribution in [0.2, 0.25) is 0 Å². The van der Waals surface area contributed by atoms with Crippen molar-refractivity contribution in [3.05, 3.63) is 95.6 Å². The van der Waals surface area contributed by atoms with Gasteiger partial charge in [-0.2, -0.15) is 0 Å². The van der Waals surface area contributed by atoms with Crippen LogP contribution < -0.4 is 5.32 Å². The van der Waals surface area contributed by atoms with E-state index in [1.54, 1.807) is 0 Å². The Morgan fingerprint density at radius 1 is 1.03 bits per heavy atom. The first-order valence-corrected chi connectivity index (χ1v) is 11.1. The van der Waals surface area contributed by atoms with Crippen molar-refractivity contribution in [3.63, 3.8) is 0 Å². The van der Waals surface area contributed by atoms with Gasteiger partial charge < -0.3 is 5.32 Å². The Balaban J connectivity index is 1.40. The number of carbonyl (C=O) groups is 1. The zero-order chi connectivity index (χ0) is 21.5. The summed E-state index contributed by atoms with van der Waals surface area (Å²) in [5.41, 5.74) is 4.16. The van der Waals surface area contributed by atoms with Crippen LogP contribution in [0.25, 0.3) is 0 Å². The molecule has 1 aliphatic heterocycles. The molecular formula is C26H30N4O. The zero-order valence-corrected chi connectivity index (χ0v) is 18.1. The van der Waals surface area contributed by atoms with Gasteiger partial charge in [0.25, 0.3) is 0 Å². The Morgan fingerprint density at radius 2 is 1.81 bits per heavy atom. The fourth-order valence-corrected chi connectivity index (χ4v) is 4.36. The summed E-state index contributed by atoms with van der Waals surface area (Å²) in [4.78, 5) is 24.5. The number of rotatable bonds is 7. The largest absolute Gasteiger partial charge is 0.347 e. The Morgan fingerprint density at radius 3 is 2.52 bits per heavy atom. The molecule has 1 atom stereocenters. The molecule has 5 nitrogen and oxygen atoms in total. The Bertz CT molecular complexity index is 969. The highest BCUT2D eigenvalue weighted by Gasteiger charge is 2.29. The van der Waals surface area contributed by atoms with E-state index in [1.165, 1.54) is 0 Å². The summed E-state index contributed by atoms with van der Waals surface area (Å²) in [6.07, 6.45) is 4.25. The van der Waals surface area contributed by atoms with Crippen LogP contribution >= 0.6 is 0 Å². The molecule has 1 aliphatic rings. The molecule has 0 saturated carbocycles. The predicted molar refractivity (Wildman–Crippen MR) is 122 cm³/mol. The second kappa shape index (κ2) is 10.3. The van der Waals surface area contributed by atoms with Crippen LogP contribution in [0.3, 0.4) is 0 Å². The van der Waals surface area contributed by atoms with Gasteiger partial charge in [-0.3, -0.25) is 19.7 Å². The van der Waals surface area contributed by atoms with Gasteiger partial charge in [0, 0.05) is 18.4 Å². The molecule has 3 heterocycles. The third-order valence-electron chi connectivity index (χ3n) is 5.97. The van der Waals surface area contributed by atoms with Crippen LogP contribution in [-0.4, -0.2) is 33.9 Å². The highest BCUT2D eigenvalue weighted by atomic mass is 16.1. The van der Waals surface area contributed by atoms with Crippen molar-refractivity contribution in [2.75, 3.05) is 13.1 Å². The van der Waals surface area contributed by atoms with E-state index < -0.39 is 0 Å². The van der Waals surface area contributed by atoms with Crippen LogP contribution in [0.4, 0.5) is 0 Å². The van der Waals surface area contributed by atoms with Crippen molar-refractivity contribution >= 4 is 5.91 Å². The van der Waals surface area contributed by atoms with Crippen LogP contribution in [-0.2, 0) is 17.8 Å². The molecule has 0 radical (unpaired) electrons. The van der Waals surface area contributed by atoms with E-state index in [1.807, 2.05) is 67.7 Å². The second-order valence-corrected chi connectivity index (χ2v) is 8.35. The van der Waals surface area contributed by atoms with Crippen molar-refractivity contribution in [2.45, 2.75) is 38.8 Å². The number of piperidine rings is 1. The van der Waals surface area contributed by atoms with Gasteiger partial charge in [0.05, 0.1) is 23.9 Å². The molecule has 3 aromatic rings. The number of aryl methyl sites for hydroxylation is 1. The van der Waals surface area contributed by atoms with E-state index >= 15 is 0 Å². The predicted octanol–water partition coefficient (Wildman–Crippen LogP) is 4.10. The van der Waals surface area contributed by atoms with Gasteiger partial charge in [0.1, 0.15) is 0 Å². The quantitative estimate of drug-likeness (QED) is 0.632. The van der Waals surface area contributed by atoms with E-state index in [0.717, 1.165) is 55.1 Å². The van der Waals surface area contributed by atoms with Crippen molar-refractivity contribution in [1.29, 1.82) is 0 Å². The first kappa shape index (κ1) is 21.2. The molecule has 160 valence electrons. The fraction of sp³-hybridized carbons (Fsp3) is 0.346. The maximum atomic E-state index is 12.8. The van der Waals surface area contributed by atoms with Crippen LogP contribution in [0, 0.1) is 12.8 Å². The topological polar surface area (TPSA) is 58.1 Å². The molecule has 5 heteroatoms. The summed E-state index contributed by atoms with van der Waals surface area (Å²) in [6, 6.07) is 22.0.